The molecule has 0 radical (unpaired) electrons. The monoisotopic (exact) mass is 510 g/mol. The molecule has 6 heteroatoms. The van der Waals surface area contributed by atoms with Crippen LogP contribution in [0, 0.1) is 12.7 Å². The summed E-state index contributed by atoms with van der Waals surface area (Å²) in [6.07, 6.45) is 0. The number of hydrogen-bond donors (Lipinski definition) is 1. The number of aryl methyl sites for hydroxylation is 1. The number of thioether (sulfide) groups is 1. The van der Waals surface area contributed by atoms with E-state index in [0.717, 1.165) is 22.3 Å². The molecule has 0 aliphatic carbocycles. The highest BCUT2D eigenvalue weighted by Gasteiger charge is 2.43. The smallest absolute Gasteiger partial charge is 0.255 e. The van der Waals surface area contributed by atoms with Crippen molar-refractivity contribution in [3.8, 4) is 0 Å². The zero-order chi connectivity index (χ0) is 25.8. The SMILES string of the molecule is Cc1ccc(C(=O)N2C(C(=O)NC(c3ccccc3)c3ccccc3)CSC2c2ccc(F)cc2)cc1. The first kappa shape index (κ1) is 24.8. The van der Waals surface area contributed by atoms with E-state index >= 15 is 0 Å². The second kappa shape index (κ2) is 11.0. The number of rotatable bonds is 6. The minimum Gasteiger partial charge on any atom is -0.343 e. The number of hydrogen-bond acceptors (Lipinski definition) is 3. The lowest BCUT2D eigenvalue weighted by molar-refractivity contribution is -0.125. The number of carbonyl (C=O) groups is 2. The molecule has 2 unspecified atom stereocenters. The zero-order valence-corrected chi connectivity index (χ0v) is 21.2. The topological polar surface area (TPSA) is 49.4 Å². The third-order valence-electron chi connectivity index (χ3n) is 6.54. The van der Waals surface area contributed by atoms with Crippen molar-refractivity contribution in [3.63, 3.8) is 0 Å². The quantitative estimate of drug-likeness (QED) is 0.331. The van der Waals surface area contributed by atoms with Crippen molar-refractivity contribution in [2.75, 3.05) is 5.75 Å². The lowest BCUT2D eigenvalue weighted by Crippen LogP contribution is -2.48. The maximum atomic E-state index is 13.9. The summed E-state index contributed by atoms with van der Waals surface area (Å²) >= 11 is 1.51. The van der Waals surface area contributed by atoms with Crippen LogP contribution in [0.5, 0.6) is 0 Å². The van der Waals surface area contributed by atoms with Gasteiger partial charge in [-0.2, -0.15) is 0 Å². The maximum Gasteiger partial charge on any atom is 0.255 e. The van der Waals surface area contributed by atoms with E-state index in [1.807, 2.05) is 79.7 Å². The zero-order valence-electron chi connectivity index (χ0n) is 20.4. The summed E-state index contributed by atoms with van der Waals surface area (Å²) in [5.74, 6) is -0.362. The summed E-state index contributed by atoms with van der Waals surface area (Å²) in [6, 6.07) is 32.0. The Kier molecular flexibility index (Phi) is 7.37. The Balaban J connectivity index is 1.48. The van der Waals surface area contributed by atoms with Gasteiger partial charge in [-0.25, -0.2) is 4.39 Å². The van der Waals surface area contributed by atoms with Crippen molar-refractivity contribution >= 4 is 23.6 Å². The van der Waals surface area contributed by atoms with Crippen LogP contribution in [0.4, 0.5) is 4.39 Å². The first-order valence-corrected chi connectivity index (χ1v) is 13.2. The molecule has 2 amide bonds. The first-order valence-electron chi connectivity index (χ1n) is 12.2. The summed E-state index contributed by atoms with van der Waals surface area (Å²) < 4.78 is 13.7. The Morgan fingerprint density at radius 3 is 1.97 bits per heavy atom. The Morgan fingerprint density at radius 1 is 0.838 bits per heavy atom. The van der Waals surface area contributed by atoms with E-state index in [9.17, 15) is 14.0 Å². The van der Waals surface area contributed by atoms with Crippen molar-refractivity contribution in [3.05, 3.63) is 143 Å². The average molecular weight is 511 g/mol. The third-order valence-corrected chi connectivity index (χ3v) is 7.87. The molecule has 1 aliphatic heterocycles. The van der Waals surface area contributed by atoms with Gasteiger partial charge in [0.15, 0.2) is 0 Å². The van der Waals surface area contributed by atoms with Crippen LogP contribution in [-0.4, -0.2) is 28.5 Å². The predicted octanol–water partition coefficient (Wildman–Crippen LogP) is 6.30. The normalized spacial score (nSPS) is 17.1. The van der Waals surface area contributed by atoms with Crippen LogP contribution in [0.3, 0.4) is 0 Å². The van der Waals surface area contributed by atoms with E-state index in [1.165, 1.54) is 23.9 Å². The summed E-state index contributed by atoms with van der Waals surface area (Å²) in [4.78, 5) is 29.3. The molecule has 2 atom stereocenters. The van der Waals surface area contributed by atoms with Gasteiger partial charge in [-0.3, -0.25) is 9.59 Å². The highest BCUT2D eigenvalue weighted by atomic mass is 32.2. The standard InChI is InChI=1S/C31H27FN2O2S/c1-21-12-14-24(15-13-21)30(36)34-27(20-37-31(34)25-16-18-26(32)19-17-25)29(35)33-28(22-8-4-2-5-9-22)23-10-6-3-7-11-23/h2-19,27-28,31H,20H2,1H3,(H,33,35). The van der Waals surface area contributed by atoms with Crippen molar-refractivity contribution in [2.45, 2.75) is 24.4 Å². The van der Waals surface area contributed by atoms with Gasteiger partial charge < -0.3 is 10.2 Å². The predicted molar refractivity (Wildman–Crippen MR) is 146 cm³/mol. The van der Waals surface area contributed by atoms with Gasteiger partial charge in [-0.05, 0) is 47.9 Å². The highest BCUT2D eigenvalue weighted by molar-refractivity contribution is 7.99. The van der Waals surface area contributed by atoms with E-state index in [4.69, 9.17) is 0 Å². The van der Waals surface area contributed by atoms with Gasteiger partial charge in [0, 0.05) is 11.3 Å². The Labute approximate surface area is 220 Å². The number of amides is 2. The molecule has 1 saturated heterocycles. The molecule has 5 rings (SSSR count). The van der Waals surface area contributed by atoms with Crippen LogP contribution >= 0.6 is 11.8 Å². The van der Waals surface area contributed by atoms with Gasteiger partial charge in [-0.15, -0.1) is 11.8 Å². The fraction of sp³-hybridized carbons (Fsp3) is 0.161. The molecule has 1 N–H and O–H groups in total. The van der Waals surface area contributed by atoms with Gasteiger partial charge in [0.1, 0.15) is 17.2 Å². The van der Waals surface area contributed by atoms with Crippen LogP contribution in [0.25, 0.3) is 0 Å². The molecule has 4 nitrogen and oxygen atoms in total. The van der Waals surface area contributed by atoms with Crippen LogP contribution < -0.4 is 5.32 Å². The van der Waals surface area contributed by atoms with E-state index in [1.54, 1.807) is 29.2 Å². The first-order chi connectivity index (χ1) is 18.0. The molecular formula is C31H27FN2O2S. The van der Waals surface area contributed by atoms with Gasteiger partial charge in [0.25, 0.3) is 5.91 Å². The second-order valence-corrected chi connectivity index (χ2v) is 10.2. The average Bonchev–Trinajstić information content (AvgIpc) is 3.38. The summed E-state index contributed by atoms with van der Waals surface area (Å²) in [6.45, 7) is 1.96. The fourth-order valence-electron chi connectivity index (χ4n) is 4.57. The van der Waals surface area contributed by atoms with Crippen molar-refractivity contribution in [1.29, 1.82) is 0 Å². The largest absolute Gasteiger partial charge is 0.343 e. The maximum absolute atomic E-state index is 13.9. The lowest BCUT2D eigenvalue weighted by Gasteiger charge is -2.30. The van der Waals surface area contributed by atoms with Crippen LogP contribution in [0.2, 0.25) is 0 Å². The number of carbonyl (C=O) groups excluding carboxylic acids is 2. The molecule has 186 valence electrons. The fourth-order valence-corrected chi connectivity index (χ4v) is 6.00. The molecule has 0 bridgehead atoms. The van der Waals surface area contributed by atoms with Crippen LogP contribution in [-0.2, 0) is 4.79 Å². The molecule has 1 heterocycles. The Hall–Kier alpha value is -3.90. The van der Waals surface area contributed by atoms with E-state index in [0.29, 0.717) is 11.3 Å². The lowest BCUT2D eigenvalue weighted by atomic mass is 9.98. The van der Waals surface area contributed by atoms with Gasteiger partial charge in [0.05, 0.1) is 6.04 Å². The number of benzene rings is 4. The molecule has 1 fully saturated rings. The van der Waals surface area contributed by atoms with Crippen molar-refractivity contribution < 1.29 is 14.0 Å². The molecule has 1 aliphatic rings. The molecular weight excluding hydrogens is 483 g/mol. The molecule has 37 heavy (non-hydrogen) atoms. The minimum atomic E-state index is -0.691. The third kappa shape index (κ3) is 5.44. The van der Waals surface area contributed by atoms with Gasteiger partial charge in [-0.1, -0.05) is 90.5 Å². The van der Waals surface area contributed by atoms with Crippen LogP contribution in [0.1, 0.15) is 44.0 Å². The van der Waals surface area contributed by atoms with Crippen molar-refractivity contribution in [1.82, 2.24) is 10.2 Å². The summed E-state index contributed by atoms with van der Waals surface area (Å²) in [5, 5.41) is 2.81. The van der Waals surface area contributed by atoms with Gasteiger partial charge in [0.2, 0.25) is 5.91 Å². The summed E-state index contributed by atoms with van der Waals surface area (Å²) in [5.41, 5.74) is 4.26. The number of nitrogens with zero attached hydrogens (tertiary/aromatic N) is 1. The highest BCUT2D eigenvalue weighted by Crippen LogP contribution is 2.42. The molecule has 0 saturated carbocycles. The minimum absolute atomic E-state index is 0.226. The summed E-state index contributed by atoms with van der Waals surface area (Å²) in [7, 11) is 0. The molecule has 0 spiro atoms. The Bertz CT molecular complexity index is 1320. The van der Waals surface area contributed by atoms with E-state index in [2.05, 4.69) is 5.32 Å². The Morgan fingerprint density at radius 2 is 1.41 bits per heavy atom. The van der Waals surface area contributed by atoms with Crippen molar-refractivity contribution in [2.24, 2.45) is 0 Å². The van der Waals surface area contributed by atoms with E-state index < -0.39 is 11.4 Å². The van der Waals surface area contributed by atoms with Crippen LogP contribution in [0.15, 0.2) is 109 Å². The molecule has 0 aromatic heterocycles. The van der Waals surface area contributed by atoms with Gasteiger partial charge >= 0.3 is 0 Å². The second-order valence-electron chi connectivity index (χ2n) is 9.09. The van der Waals surface area contributed by atoms with E-state index in [-0.39, 0.29) is 23.7 Å². The number of halogens is 1. The number of nitrogens with one attached hydrogen (secondary N) is 1. The molecule has 4 aromatic carbocycles. The molecule has 4 aromatic rings.